The summed E-state index contributed by atoms with van der Waals surface area (Å²) in [6.45, 7) is -0.606. The minimum absolute atomic E-state index is 0. The van der Waals surface area contributed by atoms with Crippen molar-refractivity contribution in [1.82, 2.24) is 0 Å². The summed E-state index contributed by atoms with van der Waals surface area (Å²) >= 11 is 0. The van der Waals surface area contributed by atoms with Crippen molar-refractivity contribution in [3.05, 3.63) is 0 Å². The molecule has 0 aromatic carbocycles. The molecule has 0 saturated carbocycles. The van der Waals surface area contributed by atoms with Gasteiger partial charge >= 0.3 is 46.1 Å². The molecule has 0 saturated heterocycles. The van der Waals surface area contributed by atoms with E-state index in [9.17, 15) is 9.13 Å². The van der Waals surface area contributed by atoms with Crippen LogP contribution in [0.1, 0.15) is 0 Å². The third-order valence-electron chi connectivity index (χ3n) is 0.586. The summed E-state index contributed by atoms with van der Waals surface area (Å²) in [6.07, 6.45) is -1.65. The summed E-state index contributed by atoms with van der Waals surface area (Å²) in [5, 5.41) is 8.55. The molecule has 0 rings (SSSR count). The van der Waals surface area contributed by atoms with E-state index in [1.54, 1.807) is 0 Å². The Morgan fingerprint density at radius 1 is 1.25 bits per heavy atom. The normalized spacial score (nSPS) is 17.6. The molecule has 0 radical (unpaired) electrons. The van der Waals surface area contributed by atoms with Gasteiger partial charge in [0.15, 0.2) is 6.29 Å². The Hall–Kier alpha value is 1.26. The zero-order valence-electron chi connectivity index (χ0n) is 5.26. The van der Waals surface area contributed by atoms with Gasteiger partial charge in [-0.25, -0.2) is 0 Å². The molecule has 0 aliphatic carbocycles. The molecule has 3 atom stereocenters. The van der Waals surface area contributed by atoms with E-state index in [-0.39, 0.29) is 29.6 Å². The number of aliphatic hydroxyl groups is 1. The SMILES string of the molecule is O=[PH](O)OCC(O)O[PH](=O)O.[NaH]. The maximum absolute atomic E-state index is 9.87. The minimum atomic E-state index is -3.23. The predicted octanol–water partition coefficient (Wildman–Crippen LogP) is -1.55. The first kappa shape index (κ1) is 15.7. The fourth-order valence-electron chi connectivity index (χ4n) is 0.293. The molecule has 0 heterocycles. The summed E-state index contributed by atoms with van der Waals surface area (Å²) < 4.78 is 27.6. The zero-order chi connectivity index (χ0) is 8.85. The molecule has 0 aliphatic heterocycles. The van der Waals surface area contributed by atoms with E-state index < -0.39 is 29.4 Å². The molecule has 0 spiro atoms. The first-order chi connectivity index (χ1) is 5.02. The molecule has 3 N–H and O–H groups in total. The Morgan fingerprint density at radius 3 is 2.08 bits per heavy atom. The summed E-state index contributed by atoms with van der Waals surface area (Å²) in [5.74, 6) is 0. The molecule has 7 nitrogen and oxygen atoms in total. The Labute approximate surface area is 91.9 Å². The van der Waals surface area contributed by atoms with Crippen LogP contribution in [0.4, 0.5) is 0 Å². The monoisotopic (exact) mass is 230 g/mol. The fraction of sp³-hybridized carbons (Fsp3) is 1.00. The van der Waals surface area contributed by atoms with Gasteiger partial charge in [-0.05, 0) is 0 Å². The molecular weight excluding hydrogens is 221 g/mol. The van der Waals surface area contributed by atoms with E-state index in [0.29, 0.717) is 0 Å². The number of hydrogen-bond acceptors (Lipinski definition) is 5. The van der Waals surface area contributed by atoms with E-state index >= 15 is 0 Å². The molecule has 3 unspecified atom stereocenters. The molecule has 0 amide bonds. The van der Waals surface area contributed by atoms with Gasteiger partial charge in [0.1, 0.15) is 6.61 Å². The quantitative estimate of drug-likeness (QED) is 0.297. The Bertz CT molecular complexity index is 161. The molecule has 0 aromatic heterocycles. The van der Waals surface area contributed by atoms with Crippen molar-refractivity contribution >= 4 is 46.1 Å². The van der Waals surface area contributed by atoms with Crippen LogP contribution < -0.4 is 0 Å². The van der Waals surface area contributed by atoms with Crippen molar-refractivity contribution in [2.24, 2.45) is 0 Å². The van der Waals surface area contributed by atoms with Crippen LogP contribution in [0.15, 0.2) is 0 Å². The van der Waals surface area contributed by atoms with Crippen LogP contribution in [0.2, 0.25) is 0 Å². The van der Waals surface area contributed by atoms with Crippen LogP contribution in [-0.4, -0.2) is 57.3 Å². The first-order valence-corrected chi connectivity index (χ1v) is 4.98. The molecule has 10 heteroatoms. The van der Waals surface area contributed by atoms with Crippen LogP contribution in [0.3, 0.4) is 0 Å². The maximum atomic E-state index is 9.87. The summed E-state index contributed by atoms with van der Waals surface area (Å²) in [6, 6.07) is 0. The number of aliphatic hydroxyl groups excluding tert-OH is 1. The second kappa shape index (κ2) is 8.84. The summed E-state index contributed by atoms with van der Waals surface area (Å²) in [5.41, 5.74) is 0. The van der Waals surface area contributed by atoms with Gasteiger partial charge in [0.25, 0.3) is 0 Å². The van der Waals surface area contributed by atoms with Gasteiger partial charge in [-0.2, -0.15) is 0 Å². The average molecular weight is 230 g/mol. The standard InChI is InChI=1S/C2H8O7P2.Na.H/c3-2(9-11(6)7)1-8-10(4)5;;/h2-3,10-11H,1H2,(H,4,5)(H,6,7);;. The van der Waals surface area contributed by atoms with Gasteiger partial charge in [-0.3, -0.25) is 13.7 Å². The van der Waals surface area contributed by atoms with Crippen LogP contribution in [0.5, 0.6) is 0 Å². The average Bonchev–Trinajstić information content (AvgIpc) is 1.82. The van der Waals surface area contributed by atoms with Crippen LogP contribution in [-0.2, 0) is 18.2 Å². The second-order valence-corrected chi connectivity index (χ2v) is 3.00. The second-order valence-electron chi connectivity index (χ2n) is 1.42. The van der Waals surface area contributed by atoms with Gasteiger partial charge in [0.05, 0.1) is 0 Å². The third kappa shape index (κ3) is 11.3. The van der Waals surface area contributed by atoms with Gasteiger partial charge in [-0.15, -0.1) is 0 Å². The van der Waals surface area contributed by atoms with Gasteiger partial charge < -0.3 is 19.4 Å². The van der Waals surface area contributed by atoms with E-state index in [2.05, 4.69) is 9.05 Å². The fourth-order valence-corrected chi connectivity index (χ4v) is 0.879. The van der Waals surface area contributed by atoms with Crippen molar-refractivity contribution < 1.29 is 33.1 Å². The predicted molar refractivity (Wildman–Crippen MR) is 42.6 cm³/mol. The van der Waals surface area contributed by atoms with E-state index in [1.807, 2.05) is 0 Å². The summed E-state index contributed by atoms with van der Waals surface area (Å²) in [7, 11) is -6.36. The van der Waals surface area contributed by atoms with Crippen molar-refractivity contribution in [1.29, 1.82) is 0 Å². The topological polar surface area (TPSA) is 113 Å². The molecule has 12 heavy (non-hydrogen) atoms. The number of rotatable bonds is 5. The number of hydrogen-bond donors (Lipinski definition) is 3. The van der Waals surface area contributed by atoms with Crippen molar-refractivity contribution in [2.75, 3.05) is 6.61 Å². The van der Waals surface area contributed by atoms with Gasteiger partial charge in [0, 0.05) is 0 Å². The molecular formula is C2H9NaO7P2. The van der Waals surface area contributed by atoms with Crippen molar-refractivity contribution in [3.8, 4) is 0 Å². The first-order valence-electron chi connectivity index (χ1n) is 2.45. The van der Waals surface area contributed by atoms with E-state index in [4.69, 9.17) is 14.9 Å². The molecule has 0 bridgehead atoms. The zero-order valence-corrected chi connectivity index (χ0v) is 7.26. The van der Waals surface area contributed by atoms with E-state index in [1.165, 1.54) is 0 Å². The Kier molecular flexibility index (Phi) is 11.6. The van der Waals surface area contributed by atoms with Gasteiger partial charge in [-0.1, -0.05) is 0 Å². The van der Waals surface area contributed by atoms with Crippen LogP contribution >= 0.6 is 16.5 Å². The summed E-state index contributed by atoms with van der Waals surface area (Å²) in [4.78, 5) is 16.1. The molecule has 0 aromatic rings. The Balaban J connectivity index is 0. The molecule has 0 aliphatic rings. The molecule has 70 valence electrons. The van der Waals surface area contributed by atoms with Crippen molar-refractivity contribution in [3.63, 3.8) is 0 Å². The van der Waals surface area contributed by atoms with E-state index in [0.717, 1.165) is 0 Å². The van der Waals surface area contributed by atoms with Crippen LogP contribution in [0.25, 0.3) is 0 Å². The molecule has 0 fully saturated rings. The van der Waals surface area contributed by atoms with Crippen molar-refractivity contribution in [2.45, 2.75) is 6.29 Å². The Morgan fingerprint density at radius 2 is 1.75 bits per heavy atom. The van der Waals surface area contributed by atoms with Crippen LogP contribution in [0, 0.1) is 0 Å². The van der Waals surface area contributed by atoms with Gasteiger partial charge in [0.2, 0.25) is 0 Å². The third-order valence-corrected chi connectivity index (χ3v) is 1.47.